The molecule has 1 aromatic carbocycles. The maximum absolute atomic E-state index is 4.68. The molecule has 0 bridgehead atoms. The molecule has 0 radical (unpaired) electrons. The average Bonchev–Trinajstić information content (AvgIpc) is 3.09. The number of benzene rings is 1. The predicted molar refractivity (Wildman–Crippen MR) is 139 cm³/mol. The number of allylic oxidation sites excluding steroid dienone is 4. The Morgan fingerprint density at radius 1 is 1.12 bits per heavy atom. The van der Waals surface area contributed by atoms with E-state index in [0.717, 1.165) is 35.5 Å². The fourth-order valence-corrected chi connectivity index (χ4v) is 4.36. The Labute approximate surface area is 195 Å². The monoisotopic (exact) mass is 426 g/mol. The van der Waals surface area contributed by atoms with Crippen molar-refractivity contribution in [3.8, 4) is 0 Å². The number of aryl methyl sites for hydroxylation is 2. The Balaban J connectivity index is 1.76. The van der Waals surface area contributed by atoms with Gasteiger partial charge in [-0.2, -0.15) is 0 Å². The Morgan fingerprint density at radius 2 is 1.91 bits per heavy atom. The van der Waals surface area contributed by atoms with Crippen molar-refractivity contribution < 1.29 is 0 Å². The lowest BCUT2D eigenvalue weighted by molar-refractivity contribution is 0.392. The molecule has 32 heavy (non-hydrogen) atoms. The van der Waals surface area contributed by atoms with Crippen LogP contribution in [0.2, 0.25) is 0 Å². The number of fused-ring (bicyclic) bond motifs is 1. The smallest absolute Gasteiger partial charge is 0.132 e. The van der Waals surface area contributed by atoms with Crippen LogP contribution in [-0.2, 0) is 19.3 Å². The van der Waals surface area contributed by atoms with Crippen molar-refractivity contribution in [2.45, 2.75) is 60.3 Å². The summed E-state index contributed by atoms with van der Waals surface area (Å²) in [7, 11) is 0. The normalized spacial score (nSPS) is 15.1. The van der Waals surface area contributed by atoms with Crippen LogP contribution in [0, 0.1) is 12.3 Å². The van der Waals surface area contributed by atoms with Gasteiger partial charge >= 0.3 is 0 Å². The van der Waals surface area contributed by atoms with Crippen LogP contribution in [0.15, 0.2) is 84.8 Å². The van der Waals surface area contributed by atoms with Gasteiger partial charge in [0.15, 0.2) is 0 Å². The van der Waals surface area contributed by atoms with Crippen LogP contribution in [0.5, 0.6) is 0 Å². The van der Waals surface area contributed by atoms with Crippen molar-refractivity contribution in [3.05, 3.63) is 107 Å². The van der Waals surface area contributed by atoms with Gasteiger partial charge in [0.05, 0.1) is 0 Å². The van der Waals surface area contributed by atoms with Crippen molar-refractivity contribution >= 4 is 5.82 Å². The summed E-state index contributed by atoms with van der Waals surface area (Å²) in [5.74, 6) is 0.928. The molecule has 0 N–H and O–H groups in total. The summed E-state index contributed by atoms with van der Waals surface area (Å²) in [6.07, 6.45) is 12.5. The first kappa shape index (κ1) is 23.8. The van der Waals surface area contributed by atoms with E-state index in [9.17, 15) is 0 Å². The molecule has 0 unspecified atom stereocenters. The van der Waals surface area contributed by atoms with E-state index in [0.29, 0.717) is 12.0 Å². The molecule has 0 aliphatic heterocycles. The molecule has 3 rings (SSSR count). The molecule has 1 aromatic heterocycles. The van der Waals surface area contributed by atoms with Crippen LogP contribution in [0.4, 0.5) is 5.82 Å². The maximum Gasteiger partial charge on any atom is 0.132 e. The van der Waals surface area contributed by atoms with E-state index in [1.807, 2.05) is 13.1 Å². The minimum Gasteiger partial charge on any atom is -0.326 e. The first-order valence-electron chi connectivity index (χ1n) is 11.6. The van der Waals surface area contributed by atoms with E-state index in [1.54, 1.807) is 5.56 Å². The van der Waals surface area contributed by atoms with Crippen LogP contribution < -0.4 is 4.90 Å². The van der Waals surface area contributed by atoms with Gasteiger partial charge in [0.1, 0.15) is 5.82 Å². The zero-order chi connectivity index (χ0) is 23.3. The fourth-order valence-electron chi connectivity index (χ4n) is 4.36. The Bertz CT molecular complexity index is 1040. The average molecular weight is 427 g/mol. The molecule has 0 fully saturated rings. The highest BCUT2D eigenvalue weighted by molar-refractivity contribution is 5.49. The number of pyridine rings is 1. The number of anilines is 1. The van der Waals surface area contributed by atoms with Crippen molar-refractivity contribution in [2.24, 2.45) is 5.41 Å². The third-order valence-electron chi connectivity index (χ3n) is 6.33. The van der Waals surface area contributed by atoms with E-state index in [1.165, 1.54) is 29.5 Å². The first-order chi connectivity index (χ1) is 15.2. The number of hydrogen-bond acceptors (Lipinski definition) is 2. The highest BCUT2D eigenvalue weighted by atomic mass is 15.2. The minimum absolute atomic E-state index is 0.364. The van der Waals surface area contributed by atoms with Crippen molar-refractivity contribution in [3.63, 3.8) is 0 Å². The molecule has 0 spiro atoms. The maximum atomic E-state index is 4.68. The van der Waals surface area contributed by atoms with Gasteiger partial charge in [-0.25, -0.2) is 4.98 Å². The topological polar surface area (TPSA) is 16.1 Å². The Hall–Kier alpha value is -2.87. The highest BCUT2D eigenvalue weighted by Crippen LogP contribution is 2.38. The molecule has 2 aromatic rings. The number of nitrogens with zero attached hydrogens (tertiary/aromatic N) is 2. The van der Waals surface area contributed by atoms with Crippen LogP contribution in [0.3, 0.4) is 0 Å². The molecular formula is C30H38N2. The lowest BCUT2D eigenvalue weighted by Crippen LogP contribution is -2.25. The summed E-state index contributed by atoms with van der Waals surface area (Å²) in [6, 6.07) is 11.0. The third-order valence-corrected chi connectivity index (χ3v) is 6.33. The largest absolute Gasteiger partial charge is 0.326 e. The van der Waals surface area contributed by atoms with Crippen molar-refractivity contribution in [1.29, 1.82) is 0 Å². The van der Waals surface area contributed by atoms with Crippen LogP contribution in [0.1, 0.15) is 56.4 Å². The van der Waals surface area contributed by atoms with E-state index in [-0.39, 0.29) is 0 Å². The molecule has 2 heteroatoms. The van der Waals surface area contributed by atoms with Crippen LogP contribution in [-0.4, -0.2) is 11.5 Å². The predicted octanol–water partition coefficient (Wildman–Crippen LogP) is 7.55. The molecule has 0 atom stereocenters. The van der Waals surface area contributed by atoms with E-state index < -0.39 is 0 Å². The number of rotatable bonds is 9. The zero-order valence-corrected chi connectivity index (χ0v) is 20.5. The standard InChI is InChI=1S/C30H38N2/c1-8-22(2)12-13-24(4)21-32(29-17-14-23(3)20-31-29)25(5)15-16-26-10-9-11-27-18-30(6,7)19-28(26)27/h8-14,17,20H,4-5,15-16,18-19,21H2,1-3,6-7H3/b13-12-,22-8-. The first-order valence-corrected chi connectivity index (χ1v) is 11.6. The lowest BCUT2D eigenvalue weighted by Gasteiger charge is -2.27. The summed E-state index contributed by atoms with van der Waals surface area (Å²) in [5.41, 5.74) is 9.41. The fraction of sp³-hybridized carbons (Fsp3) is 0.367. The summed E-state index contributed by atoms with van der Waals surface area (Å²) in [4.78, 5) is 6.90. The Kier molecular flexibility index (Phi) is 7.56. The third kappa shape index (κ3) is 6.09. The molecule has 0 saturated heterocycles. The van der Waals surface area contributed by atoms with Gasteiger partial charge in [-0.05, 0) is 85.8 Å². The molecule has 0 saturated carbocycles. The van der Waals surface area contributed by atoms with Crippen LogP contribution in [0.25, 0.3) is 0 Å². The molecule has 2 nitrogen and oxygen atoms in total. The van der Waals surface area contributed by atoms with Gasteiger partial charge in [-0.3, -0.25) is 0 Å². The summed E-state index contributed by atoms with van der Waals surface area (Å²) >= 11 is 0. The van der Waals surface area contributed by atoms with Crippen molar-refractivity contribution in [1.82, 2.24) is 4.98 Å². The van der Waals surface area contributed by atoms with Gasteiger partial charge in [-0.1, -0.05) is 75.1 Å². The summed E-state index contributed by atoms with van der Waals surface area (Å²) in [6.45, 7) is 20.4. The summed E-state index contributed by atoms with van der Waals surface area (Å²) < 4.78 is 0. The number of hydrogen-bond donors (Lipinski definition) is 0. The summed E-state index contributed by atoms with van der Waals surface area (Å²) in [5, 5.41) is 0. The lowest BCUT2D eigenvalue weighted by atomic mass is 9.89. The highest BCUT2D eigenvalue weighted by Gasteiger charge is 2.29. The van der Waals surface area contributed by atoms with Gasteiger partial charge in [0.25, 0.3) is 0 Å². The second-order valence-corrected chi connectivity index (χ2v) is 9.94. The van der Waals surface area contributed by atoms with E-state index in [2.05, 4.69) is 99.3 Å². The molecule has 168 valence electrons. The molecule has 1 aliphatic carbocycles. The quantitative estimate of drug-likeness (QED) is 0.385. The molecule has 1 aliphatic rings. The second-order valence-electron chi connectivity index (χ2n) is 9.94. The van der Waals surface area contributed by atoms with Crippen molar-refractivity contribution in [2.75, 3.05) is 11.4 Å². The number of aromatic nitrogens is 1. The zero-order valence-electron chi connectivity index (χ0n) is 20.5. The molecule has 0 amide bonds. The van der Waals surface area contributed by atoms with Crippen LogP contribution >= 0.6 is 0 Å². The van der Waals surface area contributed by atoms with Gasteiger partial charge in [0.2, 0.25) is 0 Å². The second kappa shape index (κ2) is 10.2. The Morgan fingerprint density at radius 3 is 2.59 bits per heavy atom. The molecule has 1 heterocycles. The van der Waals surface area contributed by atoms with Gasteiger partial charge in [0, 0.05) is 18.4 Å². The van der Waals surface area contributed by atoms with E-state index in [4.69, 9.17) is 0 Å². The van der Waals surface area contributed by atoms with Gasteiger partial charge < -0.3 is 4.90 Å². The minimum atomic E-state index is 0.364. The molecular weight excluding hydrogens is 388 g/mol. The van der Waals surface area contributed by atoms with Gasteiger partial charge in [-0.15, -0.1) is 0 Å². The SMILES string of the molecule is C=C(/C=C\C(C)=C/C)CN(C(=C)CCc1cccc2c1CC(C)(C)C2)c1ccc(C)cn1. The van der Waals surface area contributed by atoms with E-state index >= 15 is 0 Å².